The predicted molar refractivity (Wildman–Crippen MR) is 68.1 cm³/mol. The number of amides is 1. The average molecular weight is 256 g/mol. The van der Waals surface area contributed by atoms with Gasteiger partial charge in [0.05, 0.1) is 23.7 Å². The standard InChI is InChI=1S/C13H24N2O3/c1-9-11(4-5-17-9)12(16)15-7-10(6-14)18-13(2,3)8-15/h9-11H,4-8,14H2,1-3H3. The molecular formula is C13H24N2O3. The zero-order valence-corrected chi connectivity index (χ0v) is 11.5. The van der Waals surface area contributed by atoms with E-state index in [2.05, 4.69) is 0 Å². The molecule has 2 saturated heterocycles. The molecule has 2 heterocycles. The molecule has 0 aromatic carbocycles. The summed E-state index contributed by atoms with van der Waals surface area (Å²) < 4.78 is 11.3. The Morgan fingerprint density at radius 2 is 2.22 bits per heavy atom. The van der Waals surface area contributed by atoms with Gasteiger partial charge in [0.25, 0.3) is 0 Å². The van der Waals surface area contributed by atoms with E-state index in [1.165, 1.54) is 0 Å². The third kappa shape index (κ3) is 2.84. The molecule has 0 saturated carbocycles. The number of carbonyl (C=O) groups excluding carboxylic acids is 1. The van der Waals surface area contributed by atoms with Gasteiger partial charge < -0.3 is 20.1 Å². The van der Waals surface area contributed by atoms with Gasteiger partial charge in [-0.15, -0.1) is 0 Å². The molecule has 2 N–H and O–H groups in total. The second-order valence-electron chi connectivity index (χ2n) is 5.93. The van der Waals surface area contributed by atoms with E-state index >= 15 is 0 Å². The molecule has 3 atom stereocenters. The molecule has 2 fully saturated rings. The van der Waals surface area contributed by atoms with Crippen molar-refractivity contribution in [2.45, 2.75) is 45.0 Å². The molecule has 0 radical (unpaired) electrons. The van der Waals surface area contributed by atoms with Crippen LogP contribution in [0.15, 0.2) is 0 Å². The van der Waals surface area contributed by atoms with Gasteiger partial charge in [0.1, 0.15) is 0 Å². The smallest absolute Gasteiger partial charge is 0.228 e. The third-order valence-electron chi connectivity index (χ3n) is 3.75. The van der Waals surface area contributed by atoms with Crippen molar-refractivity contribution < 1.29 is 14.3 Å². The van der Waals surface area contributed by atoms with Gasteiger partial charge >= 0.3 is 0 Å². The van der Waals surface area contributed by atoms with Gasteiger partial charge in [-0.2, -0.15) is 0 Å². The molecule has 0 spiro atoms. The molecule has 1 amide bonds. The van der Waals surface area contributed by atoms with Gasteiger partial charge in [0.2, 0.25) is 5.91 Å². The zero-order valence-electron chi connectivity index (χ0n) is 11.5. The minimum atomic E-state index is -0.319. The number of hydrogen-bond donors (Lipinski definition) is 1. The van der Waals surface area contributed by atoms with E-state index in [0.717, 1.165) is 6.42 Å². The maximum Gasteiger partial charge on any atom is 0.228 e. The maximum absolute atomic E-state index is 12.5. The van der Waals surface area contributed by atoms with Gasteiger partial charge in [-0.05, 0) is 27.2 Å². The number of morpholine rings is 1. The van der Waals surface area contributed by atoms with E-state index in [0.29, 0.717) is 26.2 Å². The Hall–Kier alpha value is -0.650. The third-order valence-corrected chi connectivity index (χ3v) is 3.75. The lowest BCUT2D eigenvalue weighted by molar-refractivity contribution is -0.163. The maximum atomic E-state index is 12.5. The summed E-state index contributed by atoms with van der Waals surface area (Å²) in [5.41, 5.74) is 5.36. The Bertz CT molecular complexity index is 319. The van der Waals surface area contributed by atoms with E-state index in [-0.39, 0.29) is 29.6 Å². The number of nitrogens with zero attached hydrogens (tertiary/aromatic N) is 1. The van der Waals surface area contributed by atoms with Crippen LogP contribution in [-0.4, -0.2) is 54.9 Å². The summed E-state index contributed by atoms with van der Waals surface area (Å²) >= 11 is 0. The first-order valence-corrected chi connectivity index (χ1v) is 6.71. The number of nitrogens with two attached hydrogens (primary N) is 1. The molecule has 2 rings (SSSR count). The van der Waals surface area contributed by atoms with Crippen LogP contribution in [0, 0.1) is 5.92 Å². The quantitative estimate of drug-likeness (QED) is 0.775. The molecule has 5 nitrogen and oxygen atoms in total. The highest BCUT2D eigenvalue weighted by Crippen LogP contribution is 2.27. The normalized spacial score (nSPS) is 35.8. The van der Waals surface area contributed by atoms with E-state index < -0.39 is 0 Å². The number of rotatable bonds is 2. The Labute approximate surface area is 109 Å². The summed E-state index contributed by atoms with van der Waals surface area (Å²) in [5, 5.41) is 0. The largest absolute Gasteiger partial charge is 0.378 e. The first-order chi connectivity index (χ1) is 8.43. The molecule has 5 heteroatoms. The van der Waals surface area contributed by atoms with Gasteiger partial charge in [0, 0.05) is 26.2 Å². The van der Waals surface area contributed by atoms with Crippen LogP contribution in [0.3, 0.4) is 0 Å². The van der Waals surface area contributed by atoms with Crippen LogP contribution in [0.4, 0.5) is 0 Å². The number of carbonyl (C=O) groups is 1. The van der Waals surface area contributed by atoms with E-state index in [1.54, 1.807) is 0 Å². The van der Waals surface area contributed by atoms with Crippen molar-refractivity contribution in [2.24, 2.45) is 11.7 Å². The number of hydrogen-bond acceptors (Lipinski definition) is 4. The summed E-state index contributed by atoms with van der Waals surface area (Å²) in [6.07, 6.45) is 0.792. The summed E-state index contributed by atoms with van der Waals surface area (Å²) in [7, 11) is 0. The Kier molecular flexibility index (Phi) is 3.94. The molecule has 0 aromatic rings. The van der Waals surface area contributed by atoms with Crippen LogP contribution in [0.2, 0.25) is 0 Å². The molecule has 2 aliphatic heterocycles. The fourth-order valence-electron chi connectivity index (χ4n) is 2.88. The van der Waals surface area contributed by atoms with E-state index in [1.807, 2.05) is 25.7 Å². The summed E-state index contributed by atoms with van der Waals surface area (Å²) in [4.78, 5) is 14.4. The van der Waals surface area contributed by atoms with Crippen LogP contribution in [0.1, 0.15) is 27.2 Å². The zero-order chi connectivity index (χ0) is 13.3. The van der Waals surface area contributed by atoms with Crippen molar-refractivity contribution in [2.75, 3.05) is 26.2 Å². The lowest BCUT2D eigenvalue weighted by Gasteiger charge is -2.43. The van der Waals surface area contributed by atoms with Gasteiger partial charge in [-0.25, -0.2) is 0 Å². The van der Waals surface area contributed by atoms with Crippen LogP contribution < -0.4 is 5.73 Å². The van der Waals surface area contributed by atoms with Crippen molar-refractivity contribution >= 4 is 5.91 Å². The minimum absolute atomic E-state index is 0.00248. The van der Waals surface area contributed by atoms with Crippen LogP contribution in [0.25, 0.3) is 0 Å². The van der Waals surface area contributed by atoms with Crippen molar-refractivity contribution in [3.8, 4) is 0 Å². The Morgan fingerprint density at radius 1 is 1.50 bits per heavy atom. The Balaban J connectivity index is 2.05. The Morgan fingerprint density at radius 3 is 2.78 bits per heavy atom. The summed E-state index contributed by atoms with van der Waals surface area (Å²) in [6, 6.07) is 0. The average Bonchev–Trinajstić information content (AvgIpc) is 2.72. The van der Waals surface area contributed by atoms with Gasteiger partial charge in [0.15, 0.2) is 0 Å². The fourth-order valence-corrected chi connectivity index (χ4v) is 2.88. The minimum Gasteiger partial charge on any atom is -0.378 e. The van der Waals surface area contributed by atoms with Crippen LogP contribution in [0.5, 0.6) is 0 Å². The molecule has 104 valence electrons. The fraction of sp³-hybridized carbons (Fsp3) is 0.923. The predicted octanol–water partition coefficient (Wildman–Crippen LogP) is 0.376. The number of ether oxygens (including phenoxy) is 2. The molecule has 0 bridgehead atoms. The molecule has 0 aromatic heterocycles. The first kappa shape index (κ1) is 13.8. The molecule has 3 unspecified atom stereocenters. The highest BCUT2D eigenvalue weighted by Gasteiger charge is 2.40. The molecule has 2 aliphatic rings. The van der Waals surface area contributed by atoms with Gasteiger partial charge in [-0.1, -0.05) is 0 Å². The van der Waals surface area contributed by atoms with E-state index in [4.69, 9.17) is 15.2 Å². The van der Waals surface area contributed by atoms with Gasteiger partial charge in [-0.3, -0.25) is 4.79 Å². The van der Waals surface area contributed by atoms with Crippen LogP contribution in [-0.2, 0) is 14.3 Å². The highest BCUT2D eigenvalue weighted by atomic mass is 16.5. The van der Waals surface area contributed by atoms with Crippen molar-refractivity contribution in [3.05, 3.63) is 0 Å². The van der Waals surface area contributed by atoms with Crippen molar-refractivity contribution in [3.63, 3.8) is 0 Å². The molecular weight excluding hydrogens is 232 g/mol. The molecule has 0 aliphatic carbocycles. The second-order valence-corrected chi connectivity index (χ2v) is 5.93. The van der Waals surface area contributed by atoms with Crippen molar-refractivity contribution in [1.29, 1.82) is 0 Å². The second kappa shape index (κ2) is 5.15. The summed E-state index contributed by atoms with van der Waals surface area (Å²) in [6.45, 7) is 8.35. The highest BCUT2D eigenvalue weighted by molar-refractivity contribution is 5.80. The van der Waals surface area contributed by atoms with Crippen LogP contribution >= 0.6 is 0 Å². The molecule has 18 heavy (non-hydrogen) atoms. The van der Waals surface area contributed by atoms with E-state index in [9.17, 15) is 4.79 Å². The SMILES string of the molecule is CC1OCCC1C(=O)N1CC(CN)OC(C)(C)C1. The monoisotopic (exact) mass is 256 g/mol. The lowest BCUT2D eigenvalue weighted by Crippen LogP contribution is -2.57. The first-order valence-electron chi connectivity index (χ1n) is 6.71. The summed E-state index contributed by atoms with van der Waals surface area (Å²) in [5.74, 6) is 0.187. The topological polar surface area (TPSA) is 64.8 Å². The lowest BCUT2D eigenvalue weighted by atomic mass is 9.98. The van der Waals surface area contributed by atoms with Crippen molar-refractivity contribution in [1.82, 2.24) is 4.90 Å².